The largest absolute Gasteiger partial charge is 0.385 e. The van der Waals surface area contributed by atoms with E-state index in [1.807, 2.05) is 33.8 Å². The Morgan fingerprint density at radius 3 is 2.72 bits per heavy atom. The van der Waals surface area contributed by atoms with Gasteiger partial charge in [-0.25, -0.2) is 4.98 Å². The minimum absolute atomic E-state index is 0.00216. The SMILES string of the molecule is CCc1cc2c(=O)n(CCCOC)c(S[C@H](C)c3nc(C(C)(C)C)no3)nc2s1. The van der Waals surface area contributed by atoms with Gasteiger partial charge in [-0.15, -0.1) is 11.3 Å². The fraction of sp³-hybridized carbons (Fsp3) is 0.600. The molecule has 3 heterocycles. The number of aromatic nitrogens is 4. The van der Waals surface area contributed by atoms with Crippen molar-refractivity contribution in [2.24, 2.45) is 0 Å². The van der Waals surface area contributed by atoms with Crippen LogP contribution in [0.1, 0.15) is 62.9 Å². The van der Waals surface area contributed by atoms with Crippen molar-refractivity contribution >= 4 is 33.3 Å². The molecule has 7 nitrogen and oxygen atoms in total. The van der Waals surface area contributed by atoms with Crippen LogP contribution in [0.3, 0.4) is 0 Å². The highest BCUT2D eigenvalue weighted by Crippen LogP contribution is 2.35. The molecule has 3 aromatic rings. The molecule has 0 saturated heterocycles. The Hall–Kier alpha value is -1.71. The highest BCUT2D eigenvalue weighted by atomic mass is 32.2. The topological polar surface area (TPSA) is 83.0 Å². The van der Waals surface area contributed by atoms with Gasteiger partial charge in [0.1, 0.15) is 4.83 Å². The number of ether oxygens (including phenoxy) is 1. The molecule has 0 saturated carbocycles. The third-order valence-electron chi connectivity index (χ3n) is 4.49. The molecule has 0 radical (unpaired) electrons. The molecule has 0 bridgehead atoms. The van der Waals surface area contributed by atoms with E-state index in [0.717, 1.165) is 22.5 Å². The standard InChI is InChI=1S/C20H28N4O3S2/c1-7-13-11-14-16(29-13)22-19(24(17(14)25)9-8-10-26-6)28-12(2)15-21-18(23-27-15)20(3,4)5/h11-12H,7-10H2,1-6H3/t12-/m1/s1. The van der Waals surface area contributed by atoms with E-state index in [4.69, 9.17) is 14.2 Å². The zero-order valence-corrected chi connectivity index (χ0v) is 19.4. The first-order valence-electron chi connectivity index (χ1n) is 9.77. The summed E-state index contributed by atoms with van der Waals surface area (Å²) < 4.78 is 12.4. The predicted molar refractivity (Wildman–Crippen MR) is 117 cm³/mol. The number of fused-ring (bicyclic) bond motifs is 1. The maximum Gasteiger partial charge on any atom is 0.262 e. The van der Waals surface area contributed by atoms with Gasteiger partial charge in [0.15, 0.2) is 11.0 Å². The molecule has 3 aromatic heterocycles. The second kappa shape index (κ2) is 8.97. The number of methoxy groups -OCH3 is 1. The van der Waals surface area contributed by atoms with Gasteiger partial charge >= 0.3 is 0 Å². The summed E-state index contributed by atoms with van der Waals surface area (Å²) in [6.07, 6.45) is 1.63. The number of nitrogens with zero attached hydrogens (tertiary/aromatic N) is 4. The van der Waals surface area contributed by atoms with Crippen LogP contribution in [0.5, 0.6) is 0 Å². The van der Waals surface area contributed by atoms with Crippen LogP contribution < -0.4 is 5.56 Å². The molecular formula is C20H28N4O3S2. The number of aryl methyl sites for hydroxylation is 1. The summed E-state index contributed by atoms with van der Waals surface area (Å²) >= 11 is 3.05. The molecule has 9 heteroatoms. The van der Waals surface area contributed by atoms with Crippen LogP contribution in [0.15, 0.2) is 20.5 Å². The summed E-state index contributed by atoms with van der Waals surface area (Å²) in [5.41, 5.74) is -0.184. The van der Waals surface area contributed by atoms with Gasteiger partial charge in [0.25, 0.3) is 5.56 Å². The number of thioether (sulfide) groups is 1. The first-order valence-corrected chi connectivity index (χ1v) is 11.5. The number of hydrogen-bond donors (Lipinski definition) is 0. The normalized spacial score (nSPS) is 13.3. The monoisotopic (exact) mass is 436 g/mol. The van der Waals surface area contributed by atoms with Crippen molar-refractivity contribution in [3.05, 3.63) is 33.0 Å². The Kier molecular flexibility index (Phi) is 6.80. The average molecular weight is 437 g/mol. The summed E-state index contributed by atoms with van der Waals surface area (Å²) in [6, 6.07) is 1.97. The van der Waals surface area contributed by atoms with Gasteiger partial charge in [-0.1, -0.05) is 44.6 Å². The summed E-state index contributed by atoms with van der Waals surface area (Å²) in [7, 11) is 1.66. The van der Waals surface area contributed by atoms with Crippen LogP contribution in [0.4, 0.5) is 0 Å². The van der Waals surface area contributed by atoms with Crippen LogP contribution >= 0.6 is 23.1 Å². The maximum atomic E-state index is 13.2. The van der Waals surface area contributed by atoms with E-state index >= 15 is 0 Å². The molecule has 0 fully saturated rings. The molecule has 0 aromatic carbocycles. The molecule has 0 aliphatic carbocycles. The smallest absolute Gasteiger partial charge is 0.262 e. The second-order valence-electron chi connectivity index (χ2n) is 7.95. The van der Waals surface area contributed by atoms with Crippen LogP contribution in [0.25, 0.3) is 10.2 Å². The zero-order chi connectivity index (χ0) is 21.2. The van der Waals surface area contributed by atoms with Gasteiger partial charge < -0.3 is 9.26 Å². The van der Waals surface area contributed by atoms with Crippen LogP contribution in [0.2, 0.25) is 0 Å². The Labute approximate surface area is 178 Å². The molecule has 0 unspecified atom stereocenters. The third kappa shape index (κ3) is 4.90. The van der Waals surface area contributed by atoms with Crippen molar-refractivity contribution in [2.45, 2.75) is 69.8 Å². The Bertz CT molecular complexity index is 1030. The van der Waals surface area contributed by atoms with Crippen molar-refractivity contribution in [3.8, 4) is 0 Å². The molecular weight excluding hydrogens is 408 g/mol. The zero-order valence-electron chi connectivity index (χ0n) is 17.8. The van der Waals surface area contributed by atoms with Crippen LogP contribution in [-0.4, -0.2) is 33.4 Å². The predicted octanol–water partition coefficient (Wildman–Crippen LogP) is 4.59. The summed E-state index contributed by atoms with van der Waals surface area (Å²) in [6.45, 7) is 11.4. The lowest BCUT2D eigenvalue weighted by molar-refractivity contribution is 0.189. The van der Waals surface area contributed by atoms with E-state index in [-0.39, 0.29) is 16.2 Å². The summed E-state index contributed by atoms with van der Waals surface area (Å²) in [5, 5.41) is 5.35. The highest BCUT2D eigenvalue weighted by Gasteiger charge is 2.25. The fourth-order valence-electron chi connectivity index (χ4n) is 2.79. The Morgan fingerprint density at radius 2 is 2.10 bits per heavy atom. The van der Waals surface area contributed by atoms with Crippen molar-refractivity contribution in [1.82, 2.24) is 19.7 Å². The van der Waals surface area contributed by atoms with Crippen molar-refractivity contribution < 1.29 is 9.26 Å². The molecule has 29 heavy (non-hydrogen) atoms. The van der Waals surface area contributed by atoms with E-state index < -0.39 is 0 Å². The highest BCUT2D eigenvalue weighted by molar-refractivity contribution is 7.99. The molecule has 0 amide bonds. The molecule has 158 valence electrons. The molecule has 1 atom stereocenters. The molecule has 0 N–H and O–H groups in total. The number of hydrogen-bond acceptors (Lipinski definition) is 8. The average Bonchev–Trinajstić information content (AvgIpc) is 3.31. The van der Waals surface area contributed by atoms with Gasteiger partial charge in [-0.3, -0.25) is 9.36 Å². The lowest BCUT2D eigenvalue weighted by Crippen LogP contribution is -2.23. The molecule has 0 aliphatic heterocycles. The third-order valence-corrected chi connectivity index (χ3v) is 6.74. The minimum atomic E-state index is -0.181. The van der Waals surface area contributed by atoms with Crippen molar-refractivity contribution in [2.75, 3.05) is 13.7 Å². The van der Waals surface area contributed by atoms with E-state index in [1.165, 1.54) is 11.8 Å². The van der Waals surface area contributed by atoms with Gasteiger partial charge in [0.2, 0.25) is 5.89 Å². The van der Waals surface area contributed by atoms with Crippen molar-refractivity contribution in [1.29, 1.82) is 0 Å². The van der Waals surface area contributed by atoms with E-state index in [2.05, 4.69) is 17.1 Å². The van der Waals surface area contributed by atoms with Crippen LogP contribution in [-0.2, 0) is 23.1 Å². The maximum absolute atomic E-state index is 13.2. The lowest BCUT2D eigenvalue weighted by Gasteiger charge is -2.14. The van der Waals surface area contributed by atoms with Gasteiger partial charge in [-0.2, -0.15) is 4.98 Å². The summed E-state index contributed by atoms with van der Waals surface area (Å²) in [5.74, 6) is 1.21. The van der Waals surface area contributed by atoms with Crippen molar-refractivity contribution in [3.63, 3.8) is 0 Å². The fourth-order valence-corrected chi connectivity index (χ4v) is 4.76. The van der Waals surface area contributed by atoms with E-state index in [9.17, 15) is 4.79 Å². The lowest BCUT2D eigenvalue weighted by atomic mass is 9.96. The van der Waals surface area contributed by atoms with Gasteiger partial charge in [-0.05, 0) is 25.8 Å². The van der Waals surface area contributed by atoms with Crippen LogP contribution in [0, 0.1) is 0 Å². The van der Waals surface area contributed by atoms with E-state index in [0.29, 0.717) is 35.4 Å². The van der Waals surface area contributed by atoms with Gasteiger partial charge in [0, 0.05) is 30.6 Å². The molecule has 0 aliphatic rings. The quantitative estimate of drug-likeness (QED) is 0.290. The second-order valence-corrected chi connectivity index (χ2v) is 10.4. The van der Waals surface area contributed by atoms with E-state index in [1.54, 1.807) is 23.0 Å². The van der Waals surface area contributed by atoms with Gasteiger partial charge in [0.05, 0.1) is 10.6 Å². The Balaban J connectivity index is 1.96. The summed E-state index contributed by atoms with van der Waals surface area (Å²) in [4.78, 5) is 24.5. The Morgan fingerprint density at radius 1 is 1.34 bits per heavy atom. The first kappa shape index (κ1) is 22.0. The number of thiophene rings is 1. The molecule has 3 rings (SSSR count). The molecule has 0 spiro atoms. The first-order chi connectivity index (χ1) is 13.7. The number of rotatable bonds is 8. The minimum Gasteiger partial charge on any atom is -0.385 e.